The van der Waals surface area contributed by atoms with Gasteiger partial charge < -0.3 is 10.1 Å². The molecule has 0 saturated heterocycles. The zero-order chi connectivity index (χ0) is 22.1. The SMILES string of the molecule is COc1cncc(-c2cc(C)c(NC(=O)C3CC3C3CCCCC3)cc2-c2nn[nH]n2)c1. The van der Waals surface area contributed by atoms with Gasteiger partial charge in [0, 0.05) is 28.9 Å². The Morgan fingerprint density at radius 3 is 2.72 bits per heavy atom. The Morgan fingerprint density at radius 2 is 1.97 bits per heavy atom. The minimum Gasteiger partial charge on any atom is -0.495 e. The lowest BCUT2D eigenvalue weighted by Crippen LogP contribution is -2.18. The molecule has 8 heteroatoms. The van der Waals surface area contributed by atoms with Crippen LogP contribution in [0.1, 0.15) is 44.1 Å². The molecule has 1 aromatic carbocycles. The van der Waals surface area contributed by atoms with Crippen molar-refractivity contribution < 1.29 is 9.53 Å². The largest absolute Gasteiger partial charge is 0.495 e. The first-order valence-electron chi connectivity index (χ1n) is 11.3. The summed E-state index contributed by atoms with van der Waals surface area (Å²) in [5.41, 5.74) is 4.31. The molecule has 2 heterocycles. The summed E-state index contributed by atoms with van der Waals surface area (Å²) in [6, 6.07) is 5.89. The lowest BCUT2D eigenvalue weighted by Gasteiger charge is -2.21. The molecule has 2 saturated carbocycles. The van der Waals surface area contributed by atoms with E-state index in [0.717, 1.165) is 40.3 Å². The molecule has 0 bridgehead atoms. The third kappa shape index (κ3) is 4.09. The summed E-state index contributed by atoms with van der Waals surface area (Å²) in [4.78, 5) is 17.3. The molecule has 2 aliphatic carbocycles. The van der Waals surface area contributed by atoms with Crippen molar-refractivity contribution in [2.75, 3.05) is 12.4 Å². The fraction of sp³-hybridized carbons (Fsp3) is 0.458. The molecule has 2 fully saturated rings. The quantitative estimate of drug-likeness (QED) is 0.598. The summed E-state index contributed by atoms with van der Waals surface area (Å²) in [6.45, 7) is 2.00. The number of anilines is 1. The number of nitrogens with one attached hydrogen (secondary N) is 2. The van der Waals surface area contributed by atoms with Crippen molar-refractivity contribution in [1.82, 2.24) is 25.6 Å². The molecule has 0 radical (unpaired) electrons. The summed E-state index contributed by atoms with van der Waals surface area (Å²) < 4.78 is 5.34. The second-order valence-electron chi connectivity index (χ2n) is 8.95. The van der Waals surface area contributed by atoms with Crippen molar-refractivity contribution in [1.29, 1.82) is 0 Å². The van der Waals surface area contributed by atoms with Crippen LogP contribution in [0.15, 0.2) is 30.6 Å². The standard InChI is InChI=1S/C24H28N6O2/c1-14-8-18(16-9-17(32-2)13-25-12-16)20(23-27-29-30-28-23)11-22(14)26-24(31)21-10-19(21)15-6-4-3-5-7-15/h8-9,11-13,15,19,21H,3-7,10H2,1-2H3,(H,26,31)(H,27,28,29,30). The number of carbonyl (C=O) groups excluding carboxylic acids is 1. The number of rotatable bonds is 6. The average Bonchev–Trinajstić information content (AvgIpc) is 3.46. The molecule has 1 amide bonds. The molecule has 5 rings (SSSR count). The molecular formula is C24H28N6O2. The first kappa shape index (κ1) is 20.6. The molecule has 2 N–H and O–H groups in total. The van der Waals surface area contributed by atoms with Crippen molar-refractivity contribution in [2.24, 2.45) is 17.8 Å². The maximum absolute atomic E-state index is 13.0. The van der Waals surface area contributed by atoms with Crippen LogP contribution in [0.25, 0.3) is 22.5 Å². The third-order valence-corrected chi connectivity index (χ3v) is 6.90. The predicted molar refractivity (Wildman–Crippen MR) is 121 cm³/mol. The maximum atomic E-state index is 13.0. The van der Waals surface area contributed by atoms with Gasteiger partial charge in [0.2, 0.25) is 11.7 Å². The maximum Gasteiger partial charge on any atom is 0.227 e. The third-order valence-electron chi connectivity index (χ3n) is 6.90. The number of methoxy groups -OCH3 is 1. The molecule has 2 unspecified atom stereocenters. The highest BCUT2D eigenvalue weighted by Gasteiger charge is 2.47. The topological polar surface area (TPSA) is 106 Å². The number of aromatic nitrogens is 5. The Kier molecular flexibility index (Phi) is 5.59. The van der Waals surface area contributed by atoms with E-state index >= 15 is 0 Å². The number of hydrogen-bond acceptors (Lipinski definition) is 6. The highest BCUT2D eigenvalue weighted by molar-refractivity contribution is 5.97. The van der Waals surface area contributed by atoms with E-state index < -0.39 is 0 Å². The number of tetrazole rings is 1. The molecule has 2 atom stereocenters. The Bertz CT molecular complexity index is 1110. The number of benzene rings is 1. The first-order chi connectivity index (χ1) is 15.6. The minimum absolute atomic E-state index is 0.124. The molecule has 166 valence electrons. The van der Waals surface area contributed by atoms with Crippen molar-refractivity contribution in [3.63, 3.8) is 0 Å². The number of ether oxygens (including phenoxy) is 1. The molecule has 0 aliphatic heterocycles. The first-order valence-corrected chi connectivity index (χ1v) is 11.3. The number of carbonyl (C=O) groups is 1. The van der Waals surface area contributed by atoms with E-state index in [4.69, 9.17) is 4.74 Å². The second kappa shape index (κ2) is 8.68. The Morgan fingerprint density at radius 1 is 1.12 bits per heavy atom. The van der Waals surface area contributed by atoms with E-state index in [0.29, 0.717) is 17.5 Å². The molecule has 3 aromatic rings. The van der Waals surface area contributed by atoms with Crippen molar-refractivity contribution >= 4 is 11.6 Å². The van der Waals surface area contributed by atoms with Crippen molar-refractivity contribution in [2.45, 2.75) is 45.4 Å². The molecular weight excluding hydrogens is 404 g/mol. The summed E-state index contributed by atoms with van der Waals surface area (Å²) in [5, 5.41) is 17.8. The van der Waals surface area contributed by atoms with E-state index in [9.17, 15) is 4.79 Å². The van der Waals surface area contributed by atoms with Gasteiger partial charge in [-0.2, -0.15) is 5.21 Å². The summed E-state index contributed by atoms with van der Waals surface area (Å²) >= 11 is 0. The van der Waals surface area contributed by atoms with Crippen LogP contribution < -0.4 is 10.1 Å². The minimum atomic E-state index is 0.124. The van der Waals surface area contributed by atoms with Gasteiger partial charge in [-0.25, -0.2) is 0 Å². The van der Waals surface area contributed by atoms with Gasteiger partial charge in [-0.15, -0.1) is 10.2 Å². The van der Waals surface area contributed by atoms with Crippen LogP contribution in [0.3, 0.4) is 0 Å². The molecule has 2 aliphatic rings. The van der Waals surface area contributed by atoms with Gasteiger partial charge in [0.1, 0.15) is 5.75 Å². The van der Waals surface area contributed by atoms with Crippen LogP contribution in [0, 0.1) is 24.7 Å². The van der Waals surface area contributed by atoms with Crippen LogP contribution >= 0.6 is 0 Å². The van der Waals surface area contributed by atoms with E-state index in [1.165, 1.54) is 32.1 Å². The van der Waals surface area contributed by atoms with Gasteiger partial charge >= 0.3 is 0 Å². The zero-order valence-corrected chi connectivity index (χ0v) is 18.5. The van der Waals surface area contributed by atoms with E-state index in [-0.39, 0.29) is 11.8 Å². The summed E-state index contributed by atoms with van der Waals surface area (Å²) in [5.74, 6) is 2.66. The number of amides is 1. The van der Waals surface area contributed by atoms with Gasteiger partial charge in [0.25, 0.3) is 0 Å². The lowest BCUT2D eigenvalue weighted by molar-refractivity contribution is -0.117. The van der Waals surface area contributed by atoms with Crippen molar-refractivity contribution in [3.8, 4) is 28.3 Å². The highest BCUT2D eigenvalue weighted by atomic mass is 16.5. The van der Waals surface area contributed by atoms with Crippen molar-refractivity contribution in [3.05, 3.63) is 36.2 Å². The number of pyridine rings is 1. The second-order valence-corrected chi connectivity index (χ2v) is 8.95. The smallest absolute Gasteiger partial charge is 0.227 e. The van der Waals surface area contributed by atoms with Gasteiger partial charge in [-0.05, 0) is 59.7 Å². The van der Waals surface area contributed by atoms with Crippen LogP contribution in [-0.2, 0) is 4.79 Å². The van der Waals surface area contributed by atoms with E-state index in [1.54, 1.807) is 19.5 Å². The van der Waals surface area contributed by atoms with Crippen LogP contribution in [0.5, 0.6) is 5.75 Å². The number of H-pyrrole nitrogens is 1. The fourth-order valence-corrected chi connectivity index (χ4v) is 5.04. The molecule has 8 nitrogen and oxygen atoms in total. The Hall–Kier alpha value is -3.29. The normalized spacial score (nSPS) is 20.7. The van der Waals surface area contributed by atoms with Crippen LogP contribution in [0.4, 0.5) is 5.69 Å². The highest BCUT2D eigenvalue weighted by Crippen LogP contribution is 2.50. The number of hydrogen-bond donors (Lipinski definition) is 2. The monoisotopic (exact) mass is 432 g/mol. The van der Waals surface area contributed by atoms with Gasteiger partial charge in [0.15, 0.2) is 0 Å². The fourth-order valence-electron chi connectivity index (χ4n) is 5.04. The van der Waals surface area contributed by atoms with E-state index in [2.05, 4.69) is 30.9 Å². The summed E-state index contributed by atoms with van der Waals surface area (Å²) in [6.07, 6.45) is 11.0. The Labute approximate surface area is 187 Å². The molecule has 0 spiro atoms. The van der Waals surface area contributed by atoms with Crippen LogP contribution in [-0.4, -0.2) is 38.6 Å². The summed E-state index contributed by atoms with van der Waals surface area (Å²) in [7, 11) is 1.61. The predicted octanol–water partition coefficient (Wildman–Crippen LogP) is 4.40. The lowest BCUT2D eigenvalue weighted by atomic mass is 9.85. The van der Waals surface area contributed by atoms with Gasteiger partial charge in [0.05, 0.1) is 13.3 Å². The van der Waals surface area contributed by atoms with E-state index in [1.807, 2.05) is 25.1 Å². The van der Waals surface area contributed by atoms with Gasteiger partial charge in [-0.3, -0.25) is 9.78 Å². The number of nitrogens with zero attached hydrogens (tertiary/aromatic N) is 4. The van der Waals surface area contributed by atoms with Gasteiger partial charge in [-0.1, -0.05) is 32.1 Å². The molecule has 32 heavy (non-hydrogen) atoms. The Balaban J connectivity index is 1.42. The average molecular weight is 433 g/mol. The number of aromatic amines is 1. The van der Waals surface area contributed by atoms with Crippen LogP contribution in [0.2, 0.25) is 0 Å². The molecule has 2 aromatic heterocycles. The zero-order valence-electron chi connectivity index (χ0n) is 18.5. The number of aryl methyl sites for hydroxylation is 1.